The highest BCUT2D eigenvalue weighted by atomic mass is 19.2. The number of hydrogen-bond donors (Lipinski definition) is 0. The summed E-state index contributed by atoms with van der Waals surface area (Å²) >= 11 is 0. The molecule has 0 N–H and O–H groups in total. The lowest BCUT2D eigenvalue weighted by atomic mass is 9.78. The summed E-state index contributed by atoms with van der Waals surface area (Å²) in [5.74, 6) is -1.48. The molecule has 4 heteroatoms. The van der Waals surface area contributed by atoms with Crippen molar-refractivity contribution in [2.24, 2.45) is 5.92 Å². The fraction of sp³-hybridized carbons (Fsp3) is 0.440. The van der Waals surface area contributed by atoms with E-state index in [4.69, 9.17) is 4.74 Å². The predicted octanol–water partition coefficient (Wildman–Crippen LogP) is 7.96. The second-order valence-electron chi connectivity index (χ2n) is 7.32. The molecule has 0 amide bonds. The first-order chi connectivity index (χ1) is 14.0. The SMILES string of the molecule is C=C/C=C(CC)\C(F)=C/C/C=C/C1CCC(c2ccc(OCC)c(F)c2F)CC1. The second kappa shape index (κ2) is 11.7. The van der Waals surface area contributed by atoms with Gasteiger partial charge in [0.2, 0.25) is 5.82 Å². The quantitative estimate of drug-likeness (QED) is 0.300. The van der Waals surface area contributed by atoms with Crippen molar-refractivity contribution in [3.63, 3.8) is 0 Å². The molecule has 0 aliphatic heterocycles. The molecule has 0 bridgehead atoms. The van der Waals surface area contributed by atoms with Gasteiger partial charge in [0.15, 0.2) is 11.6 Å². The highest BCUT2D eigenvalue weighted by molar-refractivity contribution is 5.33. The molecule has 0 atom stereocenters. The zero-order valence-corrected chi connectivity index (χ0v) is 17.4. The van der Waals surface area contributed by atoms with Crippen molar-refractivity contribution in [1.29, 1.82) is 0 Å². The van der Waals surface area contributed by atoms with Crippen molar-refractivity contribution < 1.29 is 17.9 Å². The van der Waals surface area contributed by atoms with Crippen molar-refractivity contribution in [1.82, 2.24) is 0 Å². The summed E-state index contributed by atoms with van der Waals surface area (Å²) in [6, 6.07) is 3.18. The maximum Gasteiger partial charge on any atom is 0.200 e. The molecular formula is C25H31F3O. The lowest BCUT2D eigenvalue weighted by molar-refractivity contribution is 0.310. The Bertz CT molecular complexity index is 769. The van der Waals surface area contributed by atoms with Gasteiger partial charge in [-0.05, 0) is 80.6 Å². The molecule has 0 heterocycles. The minimum absolute atomic E-state index is 0.0262. The molecule has 1 aliphatic rings. The summed E-state index contributed by atoms with van der Waals surface area (Å²) in [6.45, 7) is 7.56. The van der Waals surface area contributed by atoms with Crippen molar-refractivity contribution in [2.75, 3.05) is 6.61 Å². The molecule has 1 fully saturated rings. The highest BCUT2D eigenvalue weighted by Crippen LogP contribution is 2.39. The Morgan fingerprint density at radius 2 is 1.86 bits per heavy atom. The molecule has 0 spiro atoms. The first-order valence-electron chi connectivity index (χ1n) is 10.5. The third kappa shape index (κ3) is 6.38. The van der Waals surface area contributed by atoms with Gasteiger partial charge in [0.05, 0.1) is 6.61 Å². The Labute approximate surface area is 172 Å². The molecule has 1 saturated carbocycles. The van der Waals surface area contributed by atoms with Gasteiger partial charge in [0, 0.05) is 0 Å². The van der Waals surface area contributed by atoms with Crippen LogP contribution >= 0.6 is 0 Å². The van der Waals surface area contributed by atoms with Crippen LogP contribution in [0.3, 0.4) is 0 Å². The monoisotopic (exact) mass is 404 g/mol. The summed E-state index contributed by atoms with van der Waals surface area (Å²) in [5, 5.41) is 0. The van der Waals surface area contributed by atoms with Crippen LogP contribution in [0.25, 0.3) is 0 Å². The molecular weight excluding hydrogens is 373 g/mol. The van der Waals surface area contributed by atoms with E-state index < -0.39 is 11.6 Å². The summed E-state index contributed by atoms with van der Waals surface area (Å²) in [7, 11) is 0. The lowest BCUT2D eigenvalue weighted by Crippen LogP contribution is -2.14. The Kier molecular flexibility index (Phi) is 9.30. The van der Waals surface area contributed by atoms with Gasteiger partial charge in [-0.25, -0.2) is 8.78 Å². The van der Waals surface area contributed by atoms with Crippen LogP contribution in [0.2, 0.25) is 0 Å². The van der Waals surface area contributed by atoms with Crippen LogP contribution in [0.1, 0.15) is 63.9 Å². The number of allylic oxidation sites excluding steroid dienone is 7. The second-order valence-corrected chi connectivity index (χ2v) is 7.32. The van der Waals surface area contributed by atoms with Crippen LogP contribution in [-0.4, -0.2) is 6.61 Å². The van der Waals surface area contributed by atoms with Crippen LogP contribution in [-0.2, 0) is 0 Å². The maximum absolute atomic E-state index is 14.4. The van der Waals surface area contributed by atoms with Crippen molar-refractivity contribution in [2.45, 2.75) is 58.3 Å². The van der Waals surface area contributed by atoms with Gasteiger partial charge in [-0.2, -0.15) is 4.39 Å². The average Bonchev–Trinajstić information content (AvgIpc) is 2.73. The molecule has 1 nitrogen and oxygen atoms in total. The zero-order valence-electron chi connectivity index (χ0n) is 17.4. The van der Waals surface area contributed by atoms with E-state index in [1.54, 1.807) is 31.2 Å². The molecule has 0 radical (unpaired) electrons. The minimum Gasteiger partial charge on any atom is -0.491 e. The van der Waals surface area contributed by atoms with Crippen molar-refractivity contribution >= 4 is 0 Å². The van der Waals surface area contributed by atoms with E-state index in [1.807, 2.05) is 13.0 Å². The van der Waals surface area contributed by atoms with Gasteiger partial charge in [0.1, 0.15) is 5.83 Å². The fourth-order valence-corrected chi connectivity index (χ4v) is 3.83. The molecule has 29 heavy (non-hydrogen) atoms. The van der Waals surface area contributed by atoms with Gasteiger partial charge < -0.3 is 4.74 Å². The van der Waals surface area contributed by atoms with Crippen LogP contribution in [0, 0.1) is 17.6 Å². The molecule has 0 saturated heterocycles. The maximum atomic E-state index is 14.4. The van der Waals surface area contributed by atoms with Gasteiger partial charge in [-0.15, -0.1) is 0 Å². The average molecular weight is 405 g/mol. The van der Waals surface area contributed by atoms with Crippen LogP contribution in [0.4, 0.5) is 13.2 Å². The van der Waals surface area contributed by atoms with E-state index in [0.29, 0.717) is 36.5 Å². The standard InChI is InChI=1S/C25H31F3O/c1-4-9-19(5-2)22(26)11-8-7-10-18-12-14-20(15-13-18)21-16-17-23(29-6-3)25(28)24(21)27/h4,7,9-11,16-18,20H,1,5-6,8,12-15H2,2-3H3/b10-7+,19-9-,22-11+. The Morgan fingerprint density at radius 1 is 1.14 bits per heavy atom. The topological polar surface area (TPSA) is 9.23 Å². The van der Waals surface area contributed by atoms with E-state index in [0.717, 1.165) is 25.7 Å². The largest absolute Gasteiger partial charge is 0.491 e. The number of hydrogen-bond acceptors (Lipinski definition) is 1. The molecule has 1 aliphatic carbocycles. The van der Waals surface area contributed by atoms with E-state index in [2.05, 4.69) is 12.7 Å². The van der Waals surface area contributed by atoms with E-state index in [-0.39, 0.29) is 17.5 Å². The van der Waals surface area contributed by atoms with E-state index in [9.17, 15) is 13.2 Å². The summed E-state index contributed by atoms with van der Waals surface area (Å²) in [5.41, 5.74) is 1.10. The molecule has 0 unspecified atom stereocenters. The smallest absolute Gasteiger partial charge is 0.200 e. The van der Waals surface area contributed by atoms with Crippen molar-refractivity contribution in [3.05, 3.63) is 77.7 Å². The number of halogens is 3. The van der Waals surface area contributed by atoms with Gasteiger partial charge in [0.25, 0.3) is 0 Å². The number of rotatable bonds is 9. The first-order valence-corrected chi connectivity index (χ1v) is 10.5. The zero-order chi connectivity index (χ0) is 21.2. The van der Waals surface area contributed by atoms with Crippen LogP contribution in [0.15, 0.2) is 60.5 Å². The third-order valence-electron chi connectivity index (χ3n) is 5.44. The fourth-order valence-electron chi connectivity index (χ4n) is 3.83. The first kappa shape index (κ1) is 23.1. The lowest BCUT2D eigenvalue weighted by Gasteiger charge is -2.27. The predicted molar refractivity (Wildman–Crippen MR) is 114 cm³/mol. The Balaban J connectivity index is 1.89. The van der Waals surface area contributed by atoms with E-state index >= 15 is 0 Å². The molecule has 158 valence electrons. The van der Waals surface area contributed by atoms with Crippen molar-refractivity contribution in [3.8, 4) is 5.75 Å². The van der Waals surface area contributed by atoms with Gasteiger partial charge in [-0.3, -0.25) is 0 Å². The minimum atomic E-state index is -0.892. The molecule has 1 aromatic carbocycles. The highest BCUT2D eigenvalue weighted by Gasteiger charge is 2.25. The Hall–Kier alpha value is -2.23. The van der Waals surface area contributed by atoms with Crippen LogP contribution in [0.5, 0.6) is 5.75 Å². The summed E-state index contributed by atoms with van der Waals surface area (Å²) in [6.07, 6.45) is 13.6. The Morgan fingerprint density at radius 3 is 2.48 bits per heavy atom. The number of benzene rings is 1. The normalized spacial score (nSPS) is 20.9. The van der Waals surface area contributed by atoms with Gasteiger partial charge in [-0.1, -0.05) is 43.9 Å². The molecule has 1 aromatic rings. The number of ether oxygens (including phenoxy) is 1. The molecule has 2 rings (SSSR count). The molecule has 0 aromatic heterocycles. The van der Waals surface area contributed by atoms with E-state index in [1.165, 1.54) is 6.07 Å². The van der Waals surface area contributed by atoms with Gasteiger partial charge >= 0.3 is 0 Å². The summed E-state index contributed by atoms with van der Waals surface area (Å²) in [4.78, 5) is 0. The summed E-state index contributed by atoms with van der Waals surface area (Å²) < 4.78 is 47.7. The third-order valence-corrected chi connectivity index (χ3v) is 5.44. The van der Waals surface area contributed by atoms with Crippen LogP contribution < -0.4 is 4.74 Å².